The standard InChI is InChI=1S/C4H5BN2O/c5-4-2-1-3-8-7-6-4/h1-3H,5H2. The molecular weight excluding hydrogens is 103 g/mol. The van der Waals surface area contributed by atoms with Crippen LogP contribution in [-0.2, 0) is 4.84 Å². The molecule has 40 valence electrons. The molecule has 0 N–H and O–H groups in total. The first-order valence-electron chi connectivity index (χ1n) is 2.30. The minimum absolute atomic E-state index is 0.846. The summed E-state index contributed by atoms with van der Waals surface area (Å²) >= 11 is 0. The number of hydrogen-bond acceptors (Lipinski definition) is 3. The van der Waals surface area contributed by atoms with Crippen molar-refractivity contribution in [2.45, 2.75) is 0 Å². The van der Waals surface area contributed by atoms with Crippen LogP contribution in [-0.4, -0.2) is 7.85 Å². The van der Waals surface area contributed by atoms with Gasteiger partial charge in [-0.3, -0.25) is 0 Å². The maximum absolute atomic E-state index is 4.49. The Morgan fingerprint density at radius 3 is 3.38 bits per heavy atom. The predicted octanol–water partition coefficient (Wildman–Crippen LogP) is 0.372. The van der Waals surface area contributed by atoms with Crippen LogP contribution < -0.4 is 0 Å². The normalized spacial score (nSPS) is 16.8. The van der Waals surface area contributed by atoms with Gasteiger partial charge >= 0.3 is 0 Å². The highest BCUT2D eigenvalue weighted by Crippen LogP contribution is 1.97. The maximum atomic E-state index is 4.49. The first kappa shape index (κ1) is 5.09. The summed E-state index contributed by atoms with van der Waals surface area (Å²) in [6.07, 6.45) is 5.03. The first-order chi connectivity index (χ1) is 3.89. The van der Waals surface area contributed by atoms with Crippen LogP contribution in [0.2, 0.25) is 0 Å². The SMILES string of the molecule is BC1=CC=CON=N1. The van der Waals surface area contributed by atoms with Crippen LogP contribution in [0.5, 0.6) is 0 Å². The molecule has 3 nitrogen and oxygen atoms in total. The van der Waals surface area contributed by atoms with Crippen molar-refractivity contribution < 1.29 is 4.84 Å². The maximum Gasteiger partial charge on any atom is 0.166 e. The summed E-state index contributed by atoms with van der Waals surface area (Å²) in [5, 5.41) is 6.95. The second kappa shape index (κ2) is 2.30. The summed E-state index contributed by atoms with van der Waals surface area (Å²) in [7, 11) is 1.85. The highest BCUT2D eigenvalue weighted by molar-refractivity contribution is 6.21. The molecule has 0 unspecified atom stereocenters. The van der Waals surface area contributed by atoms with Crippen LogP contribution in [0.3, 0.4) is 0 Å². The quantitative estimate of drug-likeness (QED) is 0.412. The molecule has 0 fully saturated rings. The van der Waals surface area contributed by atoms with Crippen molar-refractivity contribution in [2.75, 3.05) is 0 Å². The highest BCUT2D eigenvalue weighted by atomic mass is 16.6. The Morgan fingerprint density at radius 1 is 1.62 bits per heavy atom. The van der Waals surface area contributed by atoms with Crippen molar-refractivity contribution in [3.63, 3.8) is 0 Å². The van der Waals surface area contributed by atoms with E-state index in [2.05, 4.69) is 15.2 Å². The summed E-state index contributed by atoms with van der Waals surface area (Å²) in [6.45, 7) is 0. The molecule has 0 radical (unpaired) electrons. The zero-order valence-corrected chi connectivity index (χ0v) is 4.53. The molecule has 0 aliphatic carbocycles. The molecule has 0 bridgehead atoms. The van der Waals surface area contributed by atoms with E-state index in [-0.39, 0.29) is 0 Å². The fourth-order valence-electron chi connectivity index (χ4n) is 0.362. The fourth-order valence-corrected chi connectivity index (χ4v) is 0.362. The molecular formula is C4H5BN2O. The summed E-state index contributed by atoms with van der Waals surface area (Å²) in [6, 6.07) is 0. The average molecular weight is 108 g/mol. The van der Waals surface area contributed by atoms with Gasteiger partial charge in [0.1, 0.15) is 6.26 Å². The number of allylic oxidation sites excluding steroid dienone is 2. The molecule has 0 amide bonds. The van der Waals surface area contributed by atoms with Crippen LogP contribution >= 0.6 is 0 Å². The second-order valence-electron chi connectivity index (χ2n) is 1.42. The van der Waals surface area contributed by atoms with Crippen molar-refractivity contribution in [1.82, 2.24) is 0 Å². The molecule has 0 saturated carbocycles. The van der Waals surface area contributed by atoms with Crippen molar-refractivity contribution in [1.29, 1.82) is 0 Å². The number of hydrogen-bond donors (Lipinski definition) is 0. The van der Waals surface area contributed by atoms with E-state index in [0.717, 1.165) is 5.60 Å². The molecule has 0 saturated heterocycles. The minimum atomic E-state index is 0.846. The van der Waals surface area contributed by atoms with Crippen LogP contribution in [0.25, 0.3) is 0 Å². The second-order valence-corrected chi connectivity index (χ2v) is 1.42. The lowest BCUT2D eigenvalue weighted by Gasteiger charge is -1.79. The van der Waals surface area contributed by atoms with E-state index in [1.165, 1.54) is 6.26 Å². The van der Waals surface area contributed by atoms with Gasteiger partial charge in [0.2, 0.25) is 0 Å². The molecule has 0 atom stereocenters. The largest absolute Gasteiger partial charge is 0.347 e. The number of nitrogens with zero attached hydrogens (tertiary/aromatic N) is 2. The van der Waals surface area contributed by atoms with Gasteiger partial charge in [0.15, 0.2) is 7.85 Å². The van der Waals surface area contributed by atoms with Gasteiger partial charge in [-0.05, 0) is 12.2 Å². The fraction of sp³-hybridized carbons (Fsp3) is 0. The van der Waals surface area contributed by atoms with Crippen LogP contribution in [0.15, 0.2) is 34.4 Å². The third kappa shape index (κ3) is 1.22. The Kier molecular flexibility index (Phi) is 1.46. The molecule has 1 rings (SSSR count). The molecule has 1 heterocycles. The Balaban J connectivity index is 2.73. The number of rotatable bonds is 0. The van der Waals surface area contributed by atoms with E-state index < -0.39 is 0 Å². The Bertz CT molecular complexity index is 161. The van der Waals surface area contributed by atoms with Crippen LogP contribution in [0, 0.1) is 0 Å². The van der Waals surface area contributed by atoms with Gasteiger partial charge in [0.05, 0.1) is 0 Å². The van der Waals surface area contributed by atoms with Crippen molar-refractivity contribution >= 4 is 7.85 Å². The molecule has 4 heteroatoms. The highest BCUT2D eigenvalue weighted by Gasteiger charge is 1.83. The lowest BCUT2D eigenvalue weighted by molar-refractivity contribution is 0.243. The van der Waals surface area contributed by atoms with Crippen molar-refractivity contribution in [2.24, 2.45) is 10.4 Å². The Labute approximate surface area is 48.1 Å². The summed E-state index contributed by atoms with van der Waals surface area (Å²) < 4.78 is 0. The zero-order chi connectivity index (χ0) is 5.82. The zero-order valence-electron chi connectivity index (χ0n) is 4.53. The Hall–Kier alpha value is -1.06. The van der Waals surface area contributed by atoms with Crippen LogP contribution in [0.4, 0.5) is 0 Å². The molecule has 0 aromatic carbocycles. The lowest BCUT2D eigenvalue weighted by Crippen LogP contribution is -1.68. The third-order valence-corrected chi connectivity index (χ3v) is 0.723. The molecule has 1 aliphatic heterocycles. The van der Waals surface area contributed by atoms with E-state index >= 15 is 0 Å². The summed E-state index contributed by atoms with van der Waals surface area (Å²) in [4.78, 5) is 4.49. The van der Waals surface area contributed by atoms with Gasteiger partial charge in [0.25, 0.3) is 0 Å². The van der Waals surface area contributed by atoms with Gasteiger partial charge in [-0.2, -0.15) is 0 Å². The topological polar surface area (TPSA) is 34.0 Å². The average Bonchev–Trinajstić information content (AvgIpc) is 1.94. The van der Waals surface area contributed by atoms with Crippen molar-refractivity contribution in [3.8, 4) is 0 Å². The summed E-state index contributed by atoms with van der Waals surface area (Å²) in [5.41, 5.74) is 0.846. The monoisotopic (exact) mass is 108 g/mol. The van der Waals surface area contributed by atoms with E-state index in [9.17, 15) is 0 Å². The molecule has 8 heavy (non-hydrogen) atoms. The Morgan fingerprint density at radius 2 is 2.50 bits per heavy atom. The molecule has 0 spiro atoms. The third-order valence-electron chi connectivity index (χ3n) is 0.723. The van der Waals surface area contributed by atoms with Crippen molar-refractivity contribution in [3.05, 3.63) is 24.0 Å². The predicted molar refractivity (Wildman–Crippen MR) is 31.7 cm³/mol. The minimum Gasteiger partial charge on any atom is -0.347 e. The van der Waals surface area contributed by atoms with Gasteiger partial charge in [0, 0.05) is 10.9 Å². The van der Waals surface area contributed by atoms with Gasteiger partial charge in [-0.1, -0.05) is 0 Å². The van der Waals surface area contributed by atoms with Gasteiger partial charge in [-0.15, -0.1) is 5.11 Å². The lowest BCUT2D eigenvalue weighted by atomic mass is 10.1. The summed E-state index contributed by atoms with van der Waals surface area (Å²) in [5.74, 6) is 0. The smallest absolute Gasteiger partial charge is 0.166 e. The van der Waals surface area contributed by atoms with E-state index in [0.29, 0.717) is 0 Å². The van der Waals surface area contributed by atoms with E-state index in [4.69, 9.17) is 0 Å². The van der Waals surface area contributed by atoms with Crippen LogP contribution in [0.1, 0.15) is 0 Å². The van der Waals surface area contributed by atoms with E-state index in [1.807, 2.05) is 13.9 Å². The van der Waals surface area contributed by atoms with Gasteiger partial charge in [-0.25, -0.2) is 0 Å². The van der Waals surface area contributed by atoms with E-state index in [1.54, 1.807) is 6.08 Å². The first-order valence-corrected chi connectivity index (χ1v) is 2.30. The molecule has 0 aromatic rings. The van der Waals surface area contributed by atoms with Gasteiger partial charge < -0.3 is 4.84 Å². The molecule has 0 aromatic heterocycles. The molecule has 1 aliphatic rings.